The molecule has 8 heteroatoms. The van der Waals surface area contributed by atoms with Gasteiger partial charge >= 0.3 is 0 Å². The number of thiocarbonyl (C=S) groups is 1. The summed E-state index contributed by atoms with van der Waals surface area (Å²) in [5.74, 6) is -1.61. The van der Waals surface area contributed by atoms with Crippen molar-refractivity contribution in [2.75, 3.05) is 16.8 Å². The van der Waals surface area contributed by atoms with Crippen LogP contribution in [-0.2, 0) is 9.59 Å². The summed E-state index contributed by atoms with van der Waals surface area (Å²) < 4.78 is 15.1. The van der Waals surface area contributed by atoms with Gasteiger partial charge in [0.2, 0.25) is 0 Å². The maximum Gasteiger partial charge on any atom is 0.270 e. The molecule has 2 aromatic carbocycles. The summed E-state index contributed by atoms with van der Waals surface area (Å²) in [4.78, 5) is 29.0. The van der Waals surface area contributed by atoms with E-state index in [2.05, 4.69) is 31.0 Å². The molecule has 0 spiro atoms. The number of amides is 2. The summed E-state index contributed by atoms with van der Waals surface area (Å²) in [6.07, 6.45) is 2.19. The van der Waals surface area contributed by atoms with Gasteiger partial charge in [0.05, 0.1) is 5.69 Å². The van der Waals surface area contributed by atoms with Crippen molar-refractivity contribution in [2.45, 2.75) is 38.6 Å². The van der Waals surface area contributed by atoms with Gasteiger partial charge < -0.3 is 4.90 Å². The number of nitrogens with one attached hydrogen (secondary N) is 1. The fourth-order valence-electron chi connectivity index (χ4n) is 4.38. The van der Waals surface area contributed by atoms with Crippen molar-refractivity contribution in [2.24, 2.45) is 0 Å². The number of anilines is 2. The van der Waals surface area contributed by atoms with Crippen LogP contribution in [0.15, 0.2) is 42.0 Å². The van der Waals surface area contributed by atoms with Gasteiger partial charge in [0.15, 0.2) is 5.11 Å². The van der Waals surface area contributed by atoms with Crippen LogP contribution in [0.3, 0.4) is 0 Å². The molecule has 1 N–H and O–H groups in total. The monoisotopic (exact) mass is 471 g/mol. The average Bonchev–Trinajstić information content (AvgIpc) is 2.69. The Kier molecular flexibility index (Phi) is 5.59. The lowest BCUT2D eigenvalue weighted by atomic mass is 9.80. The minimum atomic E-state index is -0.665. The molecule has 0 aliphatic carbocycles. The lowest BCUT2D eigenvalue weighted by Crippen LogP contribution is -2.54. The summed E-state index contributed by atoms with van der Waals surface area (Å²) in [6, 6.07) is 9.77. The van der Waals surface area contributed by atoms with Crippen LogP contribution in [0.5, 0.6) is 0 Å². The molecule has 166 valence electrons. The molecule has 32 heavy (non-hydrogen) atoms. The van der Waals surface area contributed by atoms with Crippen molar-refractivity contribution in [3.8, 4) is 0 Å². The van der Waals surface area contributed by atoms with Crippen molar-refractivity contribution >= 4 is 58.2 Å². The SMILES string of the molecule is CC1CC(C)(C)N(C)c2cc(F)c(/C=C3/C(=O)NC(=S)N(c4cccc(Cl)c4)C3=O)cc21. The number of rotatable bonds is 2. The van der Waals surface area contributed by atoms with Gasteiger partial charge in [-0.15, -0.1) is 0 Å². The number of hydrogen-bond donors (Lipinski definition) is 1. The van der Waals surface area contributed by atoms with E-state index in [0.29, 0.717) is 10.7 Å². The first-order valence-corrected chi connectivity index (χ1v) is 11.0. The van der Waals surface area contributed by atoms with Gasteiger partial charge in [-0.2, -0.15) is 0 Å². The molecule has 0 saturated carbocycles. The quantitative estimate of drug-likeness (QED) is 0.379. The van der Waals surface area contributed by atoms with E-state index in [1.807, 2.05) is 7.05 Å². The molecule has 2 heterocycles. The van der Waals surface area contributed by atoms with Gasteiger partial charge in [-0.1, -0.05) is 24.6 Å². The molecule has 2 aromatic rings. The molecule has 0 bridgehead atoms. The number of hydrogen-bond acceptors (Lipinski definition) is 4. The highest BCUT2D eigenvalue weighted by Crippen LogP contribution is 2.43. The summed E-state index contributed by atoms with van der Waals surface area (Å²) in [7, 11) is 1.95. The first-order valence-electron chi connectivity index (χ1n) is 10.2. The first-order chi connectivity index (χ1) is 15.0. The molecule has 0 aromatic heterocycles. The minimum Gasteiger partial charge on any atom is -0.369 e. The first kappa shape index (κ1) is 22.4. The van der Waals surface area contributed by atoms with Gasteiger partial charge in [0.25, 0.3) is 11.8 Å². The lowest BCUT2D eigenvalue weighted by molar-refractivity contribution is -0.122. The Hall–Kier alpha value is -2.77. The van der Waals surface area contributed by atoms with Crippen molar-refractivity contribution in [1.82, 2.24) is 5.32 Å². The van der Waals surface area contributed by atoms with Crippen LogP contribution in [0.25, 0.3) is 6.08 Å². The zero-order valence-corrected chi connectivity index (χ0v) is 19.8. The highest BCUT2D eigenvalue weighted by atomic mass is 35.5. The van der Waals surface area contributed by atoms with Gasteiger partial charge in [0, 0.05) is 28.9 Å². The third-order valence-electron chi connectivity index (χ3n) is 6.22. The molecule has 2 amide bonds. The largest absolute Gasteiger partial charge is 0.369 e. The zero-order chi connectivity index (χ0) is 23.4. The Morgan fingerprint density at radius 2 is 1.97 bits per heavy atom. The van der Waals surface area contributed by atoms with Crippen LogP contribution in [0, 0.1) is 5.82 Å². The van der Waals surface area contributed by atoms with Crippen LogP contribution in [-0.4, -0.2) is 29.5 Å². The second-order valence-electron chi connectivity index (χ2n) is 8.85. The molecule has 4 rings (SSSR count). The molecular formula is C24H23ClFN3O2S. The van der Waals surface area contributed by atoms with Crippen LogP contribution in [0.4, 0.5) is 15.8 Å². The Morgan fingerprint density at radius 3 is 2.66 bits per heavy atom. The van der Waals surface area contributed by atoms with E-state index in [0.717, 1.165) is 17.7 Å². The normalized spacial score (nSPS) is 21.6. The van der Waals surface area contributed by atoms with E-state index < -0.39 is 17.6 Å². The molecule has 2 aliphatic heterocycles. The Bertz CT molecular complexity index is 1190. The summed E-state index contributed by atoms with van der Waals surface area (Å²) >= 11 is 11.3. The van der Waals surface area contributed by atoms with Gasteiger partial charge in [-0.3, -0.25) is 19.8 Å². The number of carbonyl (C=O) groups is 2. The molecule has 5 nitrogen and oxygen atoms in total. The van der Waals surface area contributed by atoms with Crippen molar-refractivity contribution < 1.29 is 14.0 Å². The second kappa shape index (κ2) is 7.98. The van der Waals surface area contributed by atoms with E-state index in [9.17, 15) is 9.59 Å². The molecule has 1 atom stereocenters. The van der Waals surface area contributed by atoms with Gasteiger partial charge in [-0.25, -0.2) is 4.39 Å². The van der Waals surface area contributed by atoms with E-state index in [1.165, 1.54) is 17.0 Å². The minimum absolute atomic E-state index is 0.0530. The van der Waals surface area contributed by atoms with Crippen LogP contribution >= 0.6 is 23.8 Å². The summed E-state index contributed by atoms with van der Waals surface area (Å²) in [5.41, 5.74) is 2.09. The lowest BCUT2D eigenvalue weighted by Gasteiger charge is -2.45. The predicted molar refractivity (Wildman–Crippen MR) is 130 cm³/mol. The van der Waals surface area contributed by atoms with Crippen LogP contribution in [0.2, 0.25) is 5.02 Å². The van der Waals surface area contributed by atoms with Crippen molar-refractivity contribution in [1.29, 1.82) is 0 Å². The Morgan fingerprint density at radius 1 is 1.25 bits per heavy atom. The fraction of sp³-hybridized carbons (Fsp3) is 0.292. The molecular weight excluding hydrogens is 449 g/mol. The van der Waals surface area contributed by atoms with Crippen LogP contribution < -0.4 is 15.1 Å². The Labute approximate surface area is 196 Å². The number of benzene rings is 2. The third-order valence-corrected chi connectivity index (χ3v) is 6.74. The highest BCUT2D eigenvalue weighted by molar-refractivity contribution is 7.80. The van der Waals surface area contributed by atoms with E-state index in [-0.39, 0.29) is 27.7 Å². The standard InChI is InChI=1S/C24H23ClFN3O2S/c1-13-12-24(2,3)28(4)20-11-19(26)14(8-17(13)20)9-18-21(30)27-23(32)29(22(18)31)16-7-5-6-15(25)10-16/h5-11,13H,12H2,1-4H3,(H,27,30,32)/b18-9-. The number of nitrogens with zero attached hydrogens (tertiary/aromatic N) is 2. The molecule has 1 saturated heterocycles. The second-order valence-corrected chi connectivity index (χ2v) is 9.67. The molecule has 0 radical (unpaired) electrons. The van der Waals surface area contributed by atoms with Crippen molar-refractivity contribution in [3.63, 3.8) is 0 Å². The number of carbonyl (C=O) groups excluding carboxylic acids is 2. The van der Waals surface area contributed by atoms with E-state index >= 15 is 4.39 Å². The number of halogens is 2. The van der Waals surface area contributed by atoms with Gasteiger partial charge in [0.1, 0.15) is 11.4 Å². The number of fused-ring (bicyclic) bond motifs is 1. The van der Waals surface area contributed by atoms with Crippen molar-refractivity contribution in [3.05, 3.63) is 63.9 Å². The highest BCUT2D eigenvalue weighted by Gasteiger charge is 2.37. The van der Waals surface area contributed by atoms with Crippen LogP contribution in [0.1, 0.15) is 44.2 Å². The summed E-state index contributed by atoms with van der Waals surface area (Å²) in [5, 5.41) is 2.88. The van der Waals surface area contributed by atoms with E-state index in [4.69, 9.17) is 23.8 Å². The van der Waals surface area contributed by atoms with E-state index in [1.54, 1.807) is 30.3 Å². The maximum absolute atomic E-state index is 15.1. The maximum atomic E-state index is 15.1. The van der Waals surface area contributed by atoms with Gasteiger partial charge in [-0.05, 0) is 80.4 Å². The average molecular weight is 472 g/mol. The smallest absolute Gasteiger partial charge is 0.270 e. The predicted octanol–water partition coefficient (Wildman–Crippen LogP) is 5.03. The molecule has 1 unspecified atom stereocenters. The summed E-state index contributed by atoms with van der Waals surface area (Å²) in [6.45, 7) is 6.34. The fourth-order valence-corrected chi connectivity index (χ4v) is 4.84. The topological polar surface area (TPSA) is 52.7 Å². The molecule has 1 fully saturated rings. The zero-order valence-electron chi connectivity index (χ0n) is 18.2. The Balaban J connectivity index is 1.78. The molecule has 2 aliphatic rings. The third kappa shape index (κ3) is 3.80.